The van der Waals surface area contributed by atoms with Gasteiger partial charge in [0, 0.05) is 26.2 Å². The number of hydrogen-bond donors (Lipinski definition) is 1. The number of morpholine rings is 1. The highest BCUT2D eigenvalue weighted by Crippen LogP contribution is 2.13. The highest BCUT2D eigenvalue weighted by molar-refractivity contribution is 5.81. The van der Waals surface area contributed by atoms with E-state index in [0.717, 1.165) is 38.4 Å². The van der Waals surface area contributed by atoms with Gasteiger partial charge < -0.3 is 14.8 Å². The second kappa shape index (κ2) is 10.1. The van der Waals surface area contributed by atoms with E-state index >= 15 is 0 Å². The summed E-state index contributed by atoms with van der Waals surface area (Å²) < 4.78 is 11.2. The largest absolute Gasteiger partial charge is 0.481 e. The number of benzene rings is 2. The number of amides is 1. The quantitative estimate of drug-likeness (QED) is 0.778. The molecule has 2 aromatic carbocycles. The van der Waals surface area contributed by atoms with Gasteiger partial charge in [0.15, 0.2) is 6.10 Å². The third kappa shape index (κ3) is 6.08. The number of ether oxygens (including phenoxy) is 2. The molecule has 0 bridgehead atoms. The molecule has 1 heterocycles. The Balaban J connectivity index is 1.47. The molecule has 0 radical (unpaired) electrons. The third-order valence-corrected chi connectivity index (χ3v) is 4.68. The van der Waals surface area contributed by atoms with Crippen molar-refractivity contribution in [1.82, 2.24) is 10.2 Å². The lowest BCUT2D eigenvalue weighted by atomic mass is 10.1. The van der Waals surface area contributed by atoms with Crippen LogP contribution in [0, 0.1) is 0 Å². The molecule has 1 saturated heterocycles. The Labute approximate surface area is 161 Å². The van der Waals surface area contributed by atoms with Crippen molar-refractivity contribution >= 4 is 5.91 Å². The van der Waals surface area contributed by atoms with Gasteiger partial charge in [-0.05, 0) is 29.7 Å². The van der Waals surface area contributed by atoms with Crippen LogP contribution in [0.1, 0.15) is 24.5 Å². The molecule has 0 spiro atoms. The van der Waals surface area contributed by atoms with Gasteiger partial charge in [-0.2, -0.15) is 0 Å². The maximum Gasteiger partial charge on any atom is 0.261 e. The Morgan fingerprint density at radius 3 is 2.41 bits per heavy atom. The summed E-state index contributed by atoms with van der Waals surface area (Å²) in [4.78, 5) is 14.8. The van der Waals surface area contributed by atoms with E-state index in [9.17, 15) is 4.79 Å². The maximum absolute atomic E-state index is 12.4. The second-order valence-corrected chi connectivity index (χ2v) is 6.75. The van der Waals surface area contributed by atoms with Crippen LogP contribution in [-0.4, -0.2) is 43.2 Å². The first kappa shape index (κ1) is 19.4. The molecule has 144 valence electrons. The van der Waals surface area contributed by atoms with E-state index in [1.54, 1.807) is 0 Å². The van der Waals surface area contributed by atoms with Gasteiger partial charge in [0.25, 0.3) is 5.91 Å². The highest BCUT2D eigenvalue weighted by atomic mass is 16.5. The zero-order valence-corrected chi connectivity index (χ0v) is 15.9. The Hall–Kier alpha value is -2.37. The number of carbonyl (C=O) groups excluding carboxylic acids is 1. The molecule has 3 rings (SSSR count). The molecule has 1 fully saturated rings. The smallest absolute Gasteiger partial charge is 0.261 e. The van der Waals surface area contributed by atoms with Crippen LogP contribution in [0.15, 0.2) is 54.6 Å². The van der Waals surface area contributed by atoms with E-state index in [2.05, 4.69) is 34.5 Å². The van der Waals surface area contributed by atoms with Crippen molar-refractivity contribution in [3.8, 4) is 5.75 Å². The molecule has 2 aromatic rings. The van der Waals surface area contributed by atoms with Crippen LogP contribution in [0.5, 0.6) is 5.75 Å². The van der Waals surface area contributed by atoms with Crippen molar-refractivity contribution in [2.24, 2.45) is 0 Å². The molecule has 1 aliphatic rings. The lowest BCUT2D eigenvalue weighted by Crippen LogP contribution is -2.37. The summed E-state index contributed by atoms with van der Waals surface area (Å²) in [6, 6.07) is 17.9. The molecule has 1 aliphatic heterocycles. The number of rotatable bonds is 8. The zero-order chi connectivity index (χ0) is 18.9. The molecule has 0 saturated carbocycles. The molecule has 27 heavy (non-hydrogen) atoms. The topological polar surface area (TPSA) is 50.8 Å². The lowest BCUT2D eigenvalue weighted by Gasteiger charge is -2.26. The summed E-state index contributed by atoms with van der Waals surface area (Å²) in [5.41, 5.74) is 2.37. The summed E-state index contributed by atoms with van der Waals surface area (Å²) in [5.74, 6) is 0.630. The van der Waals surface area contributed by atoms with Crippen LogP contribution in [0.2, 0.25) is 0 Å². The molecule has 5 heteroatoms. The maximum atomic E-state index is 12.4. The van der Waals surface area contributed by atoms with Crippen LogP contribution >= 0.6 is 0 Å². The summed E-state index contributed by atoms with van der Waals surface area (Å²) >= 11 is 0. The lowest BCUT2D eigenvalue weighted by molar-refractivity contribution is -0.128. The van der Waals surface area contributed by atoms with Crippen LogP contribution in [0.25, 0.3) is 0 Å². The predicted molar refractivity (Wildman–Crippen MR) is 106 cm³/mol. The Kier molecular flexibility index (Phi) is 7.25. The normalized spacial score (nSPS) is 15.9. The Bertz CT molecular complexity index is 697. The SMILES string of the molecule is CC[C@H](Oc1ccccc1)C(=O)NCc1ccc(CN2CCOCC2)cc1. The number of nitrogens with zero attached hydrogens (tertiary/aromatic N) is 1. The fourth-order valence-corrected chi connectivity index (χ4v) is 3.07. The van der Waals surface area contributed by atoms with E-state index in [-0.39, 0.29) is 5.91 Å². The minimum Gasteiger partial charge on any atom is -0.481 e. The average molecular weight is 368 g/mol. The Morgan fingerprint density at radius 1 is 1.07 bits per heavy atom. The van der Waals surface area contributed by atoms with Crippen molar-refractivity contribution in [2.75, 3.05) is 26.3 Å². The minimum absolute atomic E-state index is 0.0845. The molecular weight excluding hydrogens is 340 g/mol. The number of hydrogen-bond acceptors (Lipinski definition) is 4. The van der Waals surface area contributed by atoms with Gasteiger partial charge in [0.05, 0.1) is 13.2 Å². The third-order valence-electron chi connectivity index (χ3n) is 4.68. The molecule has 0 aromatic heterocycles. The van der Waals surface area contributed by atoms with Gasteiger partial charge in [-0.25, -0.2) is 0 Å². The number of para-hydroxylation sites is 1. The number of nitrogens with one attached hydrogen (secondary N) is 1. The van der Waals surface area contributed by atoms with Gasteiger partial charge in [0.1, 0.15) is 5.75 Å². The Morgan fingerprint density at radius 2 is 1.74 bits per heavy atom. The summed E-state index contributed by atoms with van der Waals surface area (Å²) in [7, 11) is 0. The van der Waals surface area contributed by atoms with Crippen molar-refractivity contribution in [3.63, 3.8) is 0 Å². The molecule has 1 atom stereocenters. The molecule has 0 unspecified atom stereocenters. The molecule has 1 N–H and O–H groups in total. The van der Waals surface area contributed by atoms with Crippen molar-refractivity contribution < 1.29 is 14.3 Å². The molecule has 1 amide bonds. The van der Waals surface area contributed by atoms with Gasteiger partial charge in [-0.15, -0.1) is 0 Å². The summed E-state index contributed by atoms with van der Waals surface area (Å²) in [5, 5.41) is 2.98. The second-order valence-electron chi connectivity index (χ2n) is 6.75. The van der Waals surface area contributed by atoms with Crippen LogP contribution < -0.4 is 10.1 Å². The summed E-state index contributed by atoms with van der Waals surface area (Å²) in [6.07, 6.45) is 0.146. The monoisotopic (exact) mass is 368 g/mol. The standard InChI is InChI=1S/C22H28N2O3/c1-2-21(27-20-6-4-3-5-7-20)22(25)23-16-18-8-10-19(11-9-18)17-24-12-14-26-15-13-24/h3-11,21H,2,12-17H2,1H3,(H,23,25)/t21-/m0/s1. The zero-order valence-electron chi connectivity index (χ0n) is 15.9. The van der Waals surface area contributed by atoms with Crippen LogP contribution in [0.3, 0.4) is 0 Å². The molecular formula is C22H28N2O3. The van der Waals surface area contributed by atoms with E-state index in [1.807, 2.05) is 37.3 Å². The van der Waals surface area contributed by atoms with Crippen molar-refractivity contribution in [2.45, 2.75) is 32.5 Å². The van der Waals surface area contributed by atoms with Gasteiger partial charge >= 0.3 is 0 Å². The first-order valence-corrected chi connectivity index (χ1v) is 9.62. The first-order valence-electron chi connectivity index (χ1n) is 9.62. The predicted octanol–water partition coefficient (Wildman–Crippen LogP) is 2.99. The summed E-state index contributed by atoms with van der Waals surface area (Å²) in [6.45, 7) is 6.99. The fourth-order valence-electron chi connectivity index (χ4n) is 3.07. The average Bonchev–Trinajstić information content (AvgIpc) is 2.73. The van der Waals surface area contributed by atoms with E-state index in [4.69, 9.17) is 9.47 Å². The first-order chi connectivity index (χ1) is 13.2. The molecule has 0 aliphatic carbocycles. The number of carbonyl (C=O) groups is 1. The van der Waals surface area contributed by atoms with E-state index < -0.39 is 6.10 Å². The van der Waals surface area contributed by atoms with Gasteiger partial charge in [-0.3, -0.25) is 9.69 Å². The van der Waals surface area contributed by atoms with Crippen LogP contribution in [0.4, 0.5) is 0 Å². The minimum atomic E-state index is -0.479. The van der Waals surface area contributed by atoms with Gasteiger partial charge in [0.2, 0.25) is 0 Å². The van der Waals surface area contributed by atoms with E-state index in [1.165, 1.54) is 5.56 Å². The van der Waals surface area contributed by atoms with Crippen LogP contribution in [-0.2, 0) is 22.6 Å². The molecule has 5 nitrogen and oxygen atoms in total. The van der Waals surface area contributed by atoms with Gasteiger partial charge in [-0.1, -0.05) is 49.4 Å². The van der Waals surface area contributed by atoms with Crippen molar-refractivity contribution in [1.29, 1.82) is 0 Å². The van der Waals surface area contributed by atoms with E-state index in [0.29, 0.717) is 18.7 Å². The highest BCUT2D eigenvalue weighted by Gasteiger charge is 2.18. The van der Waals surface area contributed by atoms with Crippen molar-refractivity contribution in [3.05, 3.63) is 65.7 Å². The fraction of sp³-hybridized carbons (Fsp3) is 0.409.